The van der Waals surface area contributed by atoms with E-state index in [-0.39, 0.29) is 0 Å². The average Bonchev–Trinajstić information content (AvgIpc) is 3.53. The number of hydrogen-bond acceptors (Lipinski definition) is 3. The van der Waals surface area contributed by atoms with Gasteiger partial charge in [0.2, 0.25) is 0 Å². The molecule has 186 valence electrons. The zero-order chi connectivity index (χ0) is 25.9. The third kappa shape index (κ3) is 3.21. The molecule has 4 nitrogen and oxygen atoms in total. The molecule has 2 aliphatic rings. The topological polar surface area (TPSA) is 54.0 Å². The summed E-state index contributed by atoms with van der Waals surface area (Å²) in [6, 6.07) is 27.4. The normalized spacial score (nSPS) is 16.1. The highest BCUT2D eigenvalue weighted by molar-refractivity contribution is 6.32. The number of nitrogens with one attached hydrogen (secondary N) is 2. The van der Waals surface area contributed by atoms with E-state index in [0.717, 1.165) is 62.8 Å². The van der Waals surface area contributed by atoms with Crippen molar-refractivity contribution in [3.05, 3.63) is 132 Å². The molecule has 0 saturated carbocycles. The Morgan fingerprint density at radius 3 is 2.36 bits per heavy atom. The van der Waals surface area contributed by atoms with Crippen LogP contribution in [-0.2, 0) is 6.42 Å². The molecule has 2 N–H and O–H groups in total. The smallest absolute Gasteiger partial charge is 0.143 e. The lowest BCUT2D eigenvalue weighted by molar-refractivity contribution is 0.598. The van der Waals surface area contributed by atoms with E-state index >= 15 is 0 Å². The Hall–Kier alpha value is -5.09. The zero-order valence-electron chi connectivity index (χ0n) is 21.2. The molecule has 2 heterocycles. The van der Waals surface area contributed by atoms with E-state index in [1.54, 1.807) is 0 Å². The molecule has 39 heavy (non-hydrogen) atoms. The summed E-state index contributed by atoms with van der Waals surface area (Å²) in [6.07, 6.45) is 14.1. The second kappa shape index (κ2) is 8.47. The summed E-state index contributed by atoms with van der Waals surface area (Å²) < 4.78 is 8.78. The van der Waals surface area contributed by atoms with E-state index in [1.165, 1.54) is 21.7 Å². The van der Waals surface area contributed by atoms with Gasteiger partial charge < -0.3 is 9.83 Å². The lowest BCUT2D eigenvalue weighted by Gasteiger charge is -2.20. The standard InChI is InChI=1S/C35H25N3O/c36-28-19-9-6-16-25(28)33(22-12-2-1-3-13-22)37-38-29-20-10-7-17-26(29)31-32-27-18-8-11-21-30(27)39-35(32)24-15-5-4-14-23(24)34(31)38/h1-7,9-17,19-21,36-37H,8,18H2/b33-25-,36-28?. The summed E-state index contributed by atoms with van der Waals surface area (Å²) in [5, 5.41) is 14.6. The molecule has 0 bridgehead atoms. The summed E-state index contributed by atoms with van der Waals surface area (Å²) in [6.45, 7) is 0. The van der Waals surface area contributed by atoms with Crippen LogP contribution in [0.3, 0.4) is 0 Å². The fourth-order valence-corrected chi connectivity index (χ4v) is 6.19. The first-order chi connectivity index (χ1) is 19.3. The number of hydrogen-bond donors (Lipinski definition) is 2. The minimum Gasteiger partial charge on any atom is -0.456 e. The Morgan fingerprint density at radius 2 is 1.51 bits per heavy atom. The number of fused-ring (bicyclic) bond motifs is 10. The third-order valence-corrected chi connectivity index (χ3v) is 7.90. The summed E-state index contributed by atoms with van der Waals surface area (Å²) in [7, 11) is 0. The molecule has 8 rings (SSSR count). The Bertz CT molecular complexity index is 2100. The van der Waals surface area contributed by atoms with Crippen LogP contribution in [0.5, 0.6) is 0 Å². The summed E-state index contributed by atoms with van der Waals surface area (Å²) >= 11 is 0. The van der Waals surface area contributed by atoms with Crippen molar-refractivity contribution in [2.24, 2.45) is 0 Å². The number of para-hydroxylation sites is 1. The van der Waals surface area contributed by atoms with Gasteiger partial charge in [-0.05, 0) is 31.1 Å². The van der Waals surface area contributed by atoms with E-state index in [9.17, 15) is 0 Å². The highest BCUT2D eigenvalue weighted by Crippen LogP contribution is 2.45. The van der Waals surface area contributed by atoms with Gasteiger partial charge in [-0.2, -0.15) is 0 Å². The largest absolute Gasteiger partial charge is 0.456 e. The Balaban J connectivity index is 1.53. The molecule has 0 spiro atoms. The third-order valence-electron chi connectivity index (χ3n) is 7.90. The molecule has 0 radical (unpaired) electrons. The molecule has 0 atom stereocenters. The molecule has 2 aromatic heterocycles. The Labute approximate surface area is 225 Å². The van der Waals surface area contributed by atoms with Crippen molar-refractivity contribution < 1.29 is 4.42 Å². The van der Waals surface area contributed by atoms with Gasteiger partial charge in [0.05, 0.1) is 22.4 Å². The van der Waals surface area contributed by atoms with Gasteiger partial charge in [-0.15, -0.1) is 0 Å². The molecule has 2 aliphatic carbocycles. The van der Waals surface area contributed by atoms with Crippen LogP contribution in [0.25, 0.3) is 55.3 Å². The highest BCUT2D eigenvalue weighted by Gasteiger charge is 2.25. The molecule has 0 amide bonds. The average molecular weight is 504 g/mol. The number of aromatic nitrogens is 1. The van der Waals surface area contributed by atoms with Crippen LogP contribution < -0.4 is 5.43 Å². The van der Waals surface area contributed by atoms with Gasteiger partial charge >= 0.3 is 0 Å². The first-order valence-electron chi connectivity index (χ1n) is 13.4. The van der Waals surface area contributed by atoms with Crippen molar-refractivity contribution >= 4 is 61.0 Å². The number of aryl methyl sites for hydroxylation is 1. The maximum atomic E-state index is 8.74. The lowest BCUT2D eigenvalue weighted by atomic mass is 9.95. The van der Waals surface area contributed by atoms with E-state index in [2.05, 4.69) is 82.9 Å². The van der Waals surface area contributed by atoms with Gasteiger partial charge in [-0.1, -0.05) is 97.1 Å². The maximum absolute atomic E-state index is 8.74. The fraction of sp³-hybridized carbons (Fsp3) is 0.0571. The number of nitrogens with zero attached hydrogens (tertiary/aromatic N) is 1. The van der Waals surface area contributed by atoms with Gasteiger partial charge in [-0.25, -0.2) is 0 Å². The van der Waals surface area contributed by atoms with Crippen molar-refractivity contribution in [1.29, 1.82) is 5.41 Å². The molecule has 0 fully saturated rings. The lowest BCUT2D eigenvalue weighted by Crippen LogP contribution is -2.17. The minimum absolute atomic E-state index is 0.479. The van der Waals surface area contributed by atoms with Crippen LogP contribution in [0.1, 0.15) is 23.3 Å². The van der Waals surface area contributed by atoms with Crippen LogP contribution in [0, 0.1) is 5.41 Å². The molecule has 0 saturated heterocycles. The van der Waals surface area contributed by atoms with E-state index in [0.29, 0.717) is 5.71 Å². The van der Waals surface area contributed by atoms with Crippen LogP contribution in [0.2, 0.25) is 0 Å². The molecule has 4 heteroatoms. The number of rotatable bonds is 3. The van der Waals surface area contributed by atoms with Crippen molar-refractivity contribution in [2.45, 2.75) is 12.8 Å². The van der Waals surface area contributed by atoms with E-state index < -0.39 is 0 Å². The molecular weight excluding hydrogens is 478 g/mol. The first-order valence-corrected chi connectivity index (χ1v) is 13.4. The van der Waals surface area contributed by atoms with Crippen molar-refractivity contribution in [2.75, 3.05) is 5.43 Å². The zero-order valence-corrected chi connectivity index (χ0v) is 21.2. The molecule has 0 aliphatic heterocycles. The number of furan rings is 1. The van der Waals surface area contributed by atoms with Crippen LogP contribution >= 0.6 is 0 Å². The van der Waals surface area contributed by atoms with Crippen LogP contribution in [0.15, 0.2) is 119 Å². The van der Waals surface area contributed by atoms with Crippen LogP contribution in [0.4, 0.5) is 0 Å². The molecule has 4 aromatic carbocycles. The molecule has 0 unspecified atom stereocenters. The maximum Gasteiger partial charge on any atom is 0.143 e. The van der Waals surface area contributed by atoms with E-state index in [4.69, 9.17) is 9.83 Å². The molecular formula is C35H25N3O. The monoisotopic (exact) mass is 503 g/mol. The minimum atomic E-state index is 0.479. The summed E-state index contributed by atoms with van der Waals surface area (Å²) in [5.41, 5.74) is 11.5. The van der Waals surface area contributed by atoms with Gasteiger partial charge in [0, 0.05) is 43.6 Å². The highest BCUT2D eigenvalue weighted by atomic mass is 16.3. The van der Waals surface area contributed by atoms with Gasteiger partial charge in [0.1, 0.15) is 11.3 Å². The van der Waals surface area contributed by atoms with Crippen molar-refractivity contribution in [3.8, 4) is 0 Å². The van der Waals surface area contributed by atoms with Crippen molar-refractivity contribution in [3.63, 3.8) is 0 Å². The summed E-state index contributed by atoms with van der Waals surface area (Å²) in [4.78, 5) is 0. The fourth-order valence-electron chi connectivity index (χ4n) is 6.19. The number of allylic oxidation sites excluding steroid dienone is 6. The summed E-state index contributed by atoms with van der Waals surface area (Å²) in [5.74, 6) is 0.971. The molecule has 6 aromatic rings. The Morgan fingerprint density at radius 1 is 0.769 bits per heavy atom. The van der Waals surface area contributed by atoms with Gasteiger partial charge in [0.25, 0.3) is 0 Å². The predicted octanol–water partition coefficient (Wildman–Crippen LogP) is 8.75. The predicted molar refractivity (Wildman–Crippen MR) is 163 cm³/mol. The number of benzene rings is 4. The van der Waals surface area contributed by atoms with E-state index in [1.807, 2.05) is 42.5 Å². The van der Waals surface area contributed by atoms with Crippen LogP contribution in [-0.4, -0.2) is 10.4 Å². The SMILES string of the molecule is N=C1C=CC=C/C1=C(/Nn1c2ccccc2c2c3c4c(oc3c3ccccc3c21)C=CCC4)c1ccccc1. The first kappa shape index (κ1) is 21.9. The van der Waals surface area contributed by atoms with Gasteiger partial charge in [-0.3, -0.25) is 10.1 Å². The van der Waals surface area contributed by atoms with Crippen molar-refractivity contribution in [1.82, 2.24) is 4.68 Å². The quantitative estimate of drug-likeness (QED) is 0.254. The van der Waals surface area contributed by atoms with Gasteiger partial charge in [0.15, 0.2) is 0 Å². The second-order valence-electron chi connectivity index (χ2n) is 10.1. The Kier molecular flexibility index (Phi) is 4.76. The second-order valence-corrected chi connectivity index (χ2v) is 10.1.